The standard InChI is InChI=1S/C8H13N3OS2/c1-2-11-7(12)9-10-8(11)14-6-4-3-5-13/h3-4,13H,2,5-6H2,1H3,(H,9,12). The third kappa shape index (κ3) is 2.95. The van der Waals surface area contributed by atoms with E-state index in [2.05, 4.69) is 22.8 Å². The number of thiol groups is 1. The van der Waals surface area contributed by atoms with Crippen molar-refractivity contribution in [3.63, 3.8) is 0 Å². The van der Waals surface area contributed by atoms with E-state index in [-0.39, 0.29) is 5.69 Å². The Morgan fingerprint density at radius 2 is 2.43 bits per heavy atom. The summed E-state index contributed by atoms with van der Waals surface area (Å²) >= 11 is 5.58. The number of rotatable bonds is 5. The van der Waals surface area contributed by atoms with Crippen LogP contribution in [0.15, 0.2) is 22.1 Å². The Morgan fingerprint density at radius 3 is 3.07 bits per heavy atom. The summed E-state index contributed by atoms with van der Waals surface area (Å²) in [6.45, 7) is 2.57. The minimum atomic E-state index is -0.145. The van der Waals surface area contributed by atoms with Gasteiger partial charge in [0.1, 0.15) is 0 Å². The largest absolute Gasteiger partial charge is 0.343 e. The molecule has 1 heterocycles. The van der Waals surface area contributed by atoms with Gasteiger partial charge in [-0.3, -0.25) is 4.57 Å². The van der Waals surface area contributed by atoms with Gasteiger partial charge in [-0.1, -0.05) is 23.9 Å². The van der Waals surface area contributed by atoms with Gasteiger partial charge in [0.25, 0.3) is 0 Å². The number of hydrogen-bond donors (Lipinski definition) is 2. The summed E-state index contributed by atoms with van der Waals surface area (Å²) in [6.07, 6.45) is 3.98. The maximum atomic E-state index is 11.2. The van der Waals surface area contributed by atoms with Crippen molar-refractivity contribution in [1.82, 2.24) is 14.8 Å². The van der Waals surface area contributed by atoms with Crippen molar-refractivity contribution in [2.45, 2.75) is 18.6 Å². The van der Waals surface area contributed by atoms with Crippen molar-refractivity contribution < 1.29 is 0 Å². The van der Waals surface area contributed by atoms with Gasteiger partial charge >= 0.3 is 5.69 Å². The van der Waals surface area contributed by atoms with Crippen molar-refractivity contribution in [2.24, 2.45) is 0 Å². The summed E-state index contributed by atoms with van der Waals surface area (Å²) in [5.74, 6) is 1.55. The van der Waals surface area contributed by atoms with E-state index in [1.807, 2.05) is 19.1 Å². The highest BCUT2D eigenvalue weighted by atomic mass is 32.2. The number of hydrogen-bond acceptors (Lipinski definition) is 4. The fraction of sp³-hybridized carbons (Fsp3) is 0.500. The lowest BCUT2D eigenvalue weighted by atomic mass is 10.6. The smallest absolute Gasteiger partial charge is 0.270 e. The molecule has 4 nitrogen and oxygen atoms in total. The number of aromatic nitrogens is 3. The number of aromatic amines is 1. The maximum absolute atomic E-state index is 11.2. The van der Waals surface area contributed by atoms with Gasteiger partial charge in [-0.2, -0.15) is 12.6 Å². The second-order valence-corrected chi connectivity index (χ2v) is 3.87. The Hall–Kier alpha value is -0.620. The van der Waals surface area contributed by atoms with E-state index in [4.69, 9.17) is 0 Å². The van der Waals surface area contributed by atoms with Gasteiger partial charge in [0.05, 0.1) is 0 Å². The lowest BCUT2D eigenvalue weighted by Gasteiger charge is -1.98. The Bertz CT molecular complexity index is 356. The molecule has 0 aliphatic rings. The monoisotopic (exact) mass is 231 g/mol. The van der Waals surface area contributed by atoms with E-state index >= 15 is 0 Å². The van der Waals surface area contributed by atoms with E-state index in [1.165, 1.54) is 11.8 Å². The summed E-state index contributed by atoms with van der Waals surface area (Å²) in [7, 11) is 0. The molecule has 0 aliphatic heterocycles. The molecule has 0 saturated heterocycles. The molecule has 0 aromatic carbocycles. The molecule has 1 rings (SSSR count). The fourth-order valence-corrected chi connectivity index (χ4v) is 1.97. The zero-order chi connectivity index (χ0) is 10.4. The van der Waals surface area contributed by atoms with Crippen LogP contribution in [0, 0.1) is 0 Å². The van der Waals surface area contributed by atoms with Crippen molar-refractivity contribution in [2.75, 3.05) is 11.5 Å². The van der Waals surface area contributed by atoms with E-state index in [1.54, 1.807) is 4.57 Å². The Labute approximate surface area is 92.2 Å². The molecule has 0 spiro atoms. The Kier molecular flexibility index (Phi) is 4.89. The van der Waals surface area contributed by atoms with Crippen LogP contribution in [0.25, 0.3) is 0 Å². The highest BCUT2D eigenvalue weighted by Gasteiger charge is 2.04. The maximum Gasteiger partial charge on any atom is 0.343 e. The molecule has 0 unspecified atom stereocenters. The quantitative estimate of drug-likeness (QED) is 0.454. The van der Waals surface area contributed by atoms with Gasteiger partial charge in [-0.25, -0.2) is 9.89 Å². The molecule has 0 fully saturated rings. The zero-order valence-corrected chi connectivity index (χ0v) is 9.65. The normalized spacial score (nSPS) is 11.3. The first-order valence-electron chi connectivity index (χ1n) is 4.33. The zero-order valence-electron chi connectivity index (χ0n) is 7.93. The van der Waals surface area contributed by atoms with Crippen LogP contribution in [-0.4, -0.2) is 26.3 Å². The molecule has 0 atom stereocenters. The van der Waals surface area contributed by atoms with Crippen LogP contribution >= 0.6 is 24.4 Å². The van der Waals surface area contributed by atoms with Crippen molar-refractivity contribution >= 4 is 24.4 Å². The lowest BCUT2D eigenvalue weighted by Crippen LogP contribution is -2.16. The van der Waals surface area contributed by atoms with Gasteiger partial charge in [0.2, 0.25) is 0 Å². The SMILES string of the molecule is CCn1c(SCC=CCS)n[nH]c1=O. The van der Waals surface area contributed by atoms with Gasteiger partial charge in [0, 0.05) is 18.1 Å². The lowest BCUT2D eigenvalue weighted by molar-refractivity contribution is 0.661. The van der Waals surface area contributed by atoms with E-state index < -0.39 is 0 Å². The van der Waals surface area contributed by atoms with Crippen LogP contribution in [-0.2, 0) is 6.54 Å². The molecule has 0 saturated carbocycles. The Morgan fingerprint density at radius 1 is 1.64 bits per heavy atom. The van der Waals surface area contributed by atoms with Crippen LogP contribution in [0.2, 0.25) is 0 Å². The summed E-state index contributed by atoms with van der Waals surface area (Å²) in [6, 6.07) is 0. The number of H-pyrrole nitrogens is 1. The number of thioether (sulfide) groups is 1. The third-order valence-corrected chi connectivity index (χ3v) is 2.76. The first kappa shape index (κ1) is 11.5. The molecule has 1 N–H and O–H groups in total. The average Bonchev–Trinajstić information content (AvgIpc) is 2.54. The van der Waals surface area contributed by atoms with Crippen molar-refractivity contribution in [1.29, 1.82) is 0 Å². The first-order chi connectivity index (χ1) is 6.79. The molecule has 78 valence electrons. The summed E-state index contributed by atoms with van der Waals surface area (Å²) in [4.78, 5) is 11.2. The minimum absolute atomic E-state index is 0.145. The predicted molar refractivity (Wildman–Crippen MR) is 62.2 cm³/mol. The highest BCUT2D eigenvalue weighted by molar-refractivity contribution is 7.99. The topological polar surface area (TPSA) is 50.7 Å². The molecule has 14 heavy (non-hydrogen) atoms. The minimum Gasteiger partial charge on any atom is -0.270 e. The van der Waals surface area contributed by atoms with Gasteiger partial charge in [-0.05, 0) is 6.92 Å². The summed E-state index contributed by atoms with van der Waals surface area (Å²) < 4.78 is 1.61. The summed E-state index contributed by atoms with van der Waals surface area (Å²) in [5.41, 5.74) is -0.145. The first-order valence-corrected chi connectivity index (χ1v) is 5.95. The third-order valence-electron chi connectivity index (χ3n) is 1.62. The van der Waals surface area contributed by atoms with Crippen LogP contribution in [0.3, 0.4) is 0 Å². The van der Waals surface area contributed by atoms with E-state index in [0.717, 1.165) is 16.7 Å². The predicted octanol–water partition coefficient (Wildman–Crippen LogP) is 1.17. The highest BCUT2D eigenvalue weighted by Crippen LogP contribution is 2.12. The second-order valence-electron chi connectivity index (χ2n) is 2.52. The second kappa shape index (κ2) is 5.98. The molecule has 0 aliphatic carbocycles. The number of nitrogens with one attached hydrogen (secondary N) is 1. The van der Waals surface area contributed by atoms with E-state index in [0.29, 0.717) is 6.54 Å². The van der Waals surface area contributed by atoms with Gasteiger partial charge < -0.3 is 0 Å². The molecule has 0 amide bonds. The van der Waals surface area contributed by atoms with E-state index in [9.17, 15) is 4.79 Å². The molecule has 1 aromatic rings. The number of nitrogens with zero attached hydrogens (tertiary/aromatic N) is 2. The van der Waals surface area contributed by atoms with Crippen molar-refractivity contribution in [3.8, 4) is 0 Å². The fourth-order valence-electron chi connectivity index (χ4n) is 0.958. The van der Waals surface area contributed by atoms with Gasteiger partial charge in [-0.15, -0.1) is 5.10 Å². The summed E-state index contributed by atoms with van der Waals surface area (Å²) in [5, 5.41) is 7.08. The molecule has 1 aromatic heterocycles. The van der Waals surface area contributed by atoms with Crippen molar-refractivity contribution in [3.05, 3.63) is 22.6 Å². The Balaban J connectivity index is 2.58. The van der Waals surface area contributed by atoms with Gasteiger partial charge in [0.15, 0.2) is 5.16 Å². The molecule has 0 bridgehead atoms. The van der Waals surface area contributed by atoms with Crippen LogP contribution in [0.4, 0.5) is 0 Å². The van der Waals surface area contributed by atoms with Crippen LogP contribution in [0.1, 0.15) is 6.92 Å². The van der Waals surface area contributed by atoms with Crippen LogP contribution < -0.4 is 5.69 Å². The average molecular weight is 231 g/mol. The molecular formula is C8H13N3OS2. The molecule has 6 heteroatoms. The van der Waals surface area contributed by atoms with Crippen LogP contribution in [0.5, 0.6) is 0 Å². The molecular weight excluding hydrogens is 218 g/mol. The molecule has 0 radical (unpaired) electrons.